The Morgan fingerprint density at radius 1 is 1.43 bits per heavy atom. The molecule has 0 unspecified atom stereocenters. The lowest BCUT2D eigenvalue weighted by Crippen LogP contribution is -2.23. The third-order valence-corrected chi connectivity index (χ3v) is 7.86. The first-order valence-electron chi connectivity index (χ1n) is 8.07. The molecule has 23 heavy (non-hydrogen) atoms. The van der Waals surface area contributed by atoms with Crippen molar-refractivity contribution in [2.24, 2.45) is 5.92 Å². The number of hydrogen-bond acceptors (Lipinski definition) is 4. The molecule has 1 atom stereocenters. The monoisotopic (exact) mass is 388 g/mol. The van der Waals surface area contributed by atoms with Crippen LogP contribution in [0.1, 0.15) is 36.6 Å². The highest BCUT2D eigenvalue weighted by molar-refractivity contribution is 7.99. The Labute approximate surface area is 153 Å². The third-order valence-electron chi connectivity index (χ3n) is 4.61. The summed E-state index contributed by atoms with van der Waals surface area (Å²) in [6, 6.07) is 0. The van der Waals surface area contributed by atoms with Crippen LogP contribution in [-0.4, -0.2) is 19.6 Å². The average molecular weight is 389 g/mol. The molecule has 0 aliphatic heterocycles. The Bertz CT molecular complexity index is 828. The van der Waals surface area contributed by atoms with Crippen LogP contribution >= 0.6 is 46.3 Å². The smallest absolute Gasteiger partial charge is 0.263 e. The number of nitrogens with zero attached hydrogens (tertiary/aromatic N) is 2. The molecule has 7 heteroatoms. The molecule has 0 saturated heterocycles. The standard InChI is InChI=1S/C16H18Cl2N2OS2/c1-2-6-20-14(21)12-10-4-3-5-11(10)23-13(12)19-15(20)22-8-9-7-16(9,17)18/h9H,2-8H2,1H3/t9-/m1/s1. The number of halogens is 2. The second-order valence-corrected chi connectivity index (χ2v) is 9.97. The molecule has 2 heterocycles. The van der Waals surface area contributed by atoms with E-state index in [9.17, 15) is 4.79 Å². The van der Waals surface area contributed by atoms with Gasteiger partial charge in [-0.1, -0.05) is 18.7 Å². The quantitative estimate of drug-likeness (QED) is 0.424. The summed E-state index contributed by atoms with van der Waals surface area (Å²) in [5, 5.41) is 1.69. The van der Waals surface area contributed by atoms with Gasteiger partial charge in [-0.3, -0.25) is 9.36 Å². The molecule has 0 N–H and O–H groups in total. The minimum absolute atomic E-state index is 0.137. The van der Waals surface area contributed by atoms with Gasteiger partial charge in [0, 0.05) is 23.1 Å². The highest BCUT2D eigenvalue weighted by Crippen LogP contribution is 2.54. The van der Waals surface area contributed by atoms with Gasteiger partial charge in [0.1, 0.15) is 9.16 Å². The maximum absolute atomic E-state index is 13.0. The van der Waals surface area contributed by atoms with Crippen LogP contribution < -0.4 is 5.56 Å². The summed E-state index contributed by atoms with van der Waals surface area (Å²) in [5.41, 5.74) is 1.39. The fourth-order valence-electron chi connectivity index (χ4n) is 3.21. The maximum atomic E-state index is 13.0. The fourth-order valence-corrected chi connectivity index (χ4v) is 6.47. The van der Waals surface area contributed by atoms with Gasteiger partial charge < -0.3 is 0 Å². The summed E-state index contributed by atoms with van der Waals surface area (Å²) >= 11 is 15.6. The van der Waals surface area contributed by atoms with Gasteiger partial charge in [-0.2, -0.15) is 0 Å². The number of thiophene rings is 1. The SMILES string of the molecule is CCCn1c(SC[C@H]2CC2(Cl)Cl)nc2sc3c(c2c1=O)CCC3. The molecule has 2 aliphatic carbocycles. The first-order chi connectivity index (χ1) is 11.0. The highest BCUT2D eigenvalue weighted by atomic mass is 35.5. The van der Waals surface area contributed by atoms with E-state index in [1.54, 1.807) is 23.1 Å². The van der Waals surface area contributed by atoms with Gasteiger partial charge in [-0.25, -0.2) is 4.98 Å². The predicted octanol–water partition coefficient (Wildman–Crippen LogP) is 4.64. The van der Waals surface area contributed by atoms with Crippen molar-refractivity contribution in [3.05, 3.63) is 20.8 Å². The molecule has 3 nitrogen and oxygen atoms in total. The molecule has 1 fully saturated rings. The van der Waals surface area contributed by atoms with Crippen LogP contribution in [0.15, 0.2) is 9.95 Å². The van der Waals surface area contributed by atoms with Crippen molar-refractivity contribution in [3.63, 3.8) is 0 Å². The van der Waals surface area contributed by atoms with Gasteiger partial charge in [0.15, 0.2) is 5.16 Å². The summed E-state index contributed by atoms with van der Waals surface area (Å²) < 4.78 is 1.28. The van der Waals surface area contributed by atoms with Crippen LogP contribution in [0.25, 0.3) is 10.2 Å². The van der Waals surface area contributed by atoms with Gasteiger partial charge in [-0.15, -0.1) is 34.5 Å². The number of alkyl halides is 2. The minimum Gasteiger partial charge on any atom is -0.287 e. The van der Waals surface area contributed by atoms with E-state index in [0.717, 1.165) is 53.2 Å². The van der Waals surface area contributed by atoms with E-state index in [1.807, 2.05) is 4.57 Å². The molecule has 2 aromatic heterocycles. The Morgan fingerprint density at radius 3 is 2.91 bits per heavy atom. The van der Waals surface area contributed by atoms with Crippen LogP contribution in [0, 0.1) is 5.92 Å². The van der Waals surface area contributed by atoms with Crippen molar-refractivity contribution in [3.8, 4) is 0 Å². The van der Waals surface area contributed by atoms with Crippen LogP contribution in [0.2, 0.25) is 0 Å². The second kappa shape index (κ2) is 5.94. The molecule has 0 spiro atoms. The van der Waals surface area contributed by atoms with E-state index in [0.29, 0.717) is 12.5 Å². The van der Waals surface area contributed by atoms with Crippen LogP contribution in [0.4, 0.5) is 0 Å². The van der Waals surface area contributed by atoms with Crippen molar-refractivity contribution in [2.45, 2.75) is 55.1 Å². The second-order valence-electron chi connectivity index (χ2n) is 6.36. The molecule has 2 aliphatic rings. The average Bonchev–Trinajstić information content (AvgIpc) is 2.85. The van der Waals surface area contributed by atoms with E-state index in [4.69, 9.17) is 28.2 Å². The molecule has 0 radical (unpaired) electrons. The number of aromatic nitrogens is 2. The van der Waals surface area contributed by atoms with Crippen molar-refractivity contribution in [1.29, 1.82) is 0 Å². The number of hydrogen-bond donors (Lipinski definition) is 0. The lowest BCUT2D eigenvalue weighted by Gasteiger charge is -2.11. The van der Waals surface area contributed by atoms with Crippen molar-refractivity contribution >= 4 is 56.5 Å². The molecule has 0 bridgehead atoms. The summed E-state index contributed by atoms with van der Waals surface area (Å²) in [5.74, 6) is 1.12. The fraction of sp³-hybridized carbons (Fsp3) is 0.625. The minimum atomic E-state index is -0.572. The van der Waals surface area contributed by atoms with Crippen molar-refractivity contribution in [1.82, 2.24) is 9.55 Å². The molecule has 0 amide bonds. The van der Waals surface area contributed by atoms with Crippen LogP contribution in [-0.2, 0) is 19.4 Å². The topological polar surface area (TPSA) is 34.9 Å². The summed E-state index contributed by atoms with van der Waals surface area (Å²) in [7, 11) is 0. The molecular formula is C16H18Cl2N2OS2. The zero-order chi connectivity index (χ0) is 16.2. The van der Waals surface area contributed by atoms with Gasteiger partial charge in [0.05, 0.1) is 5.39 Å². The van der Waals surface area contributed by atoms with Gasteiger partial charge >= 0.3 is 0 Å². The van der Waals surface area contributed by atoms with Gasteiger partial charge in [-0.05, 0) is 37.7 Å². The number of fused-ring (bicyclic) bond motifs is 3. The first-order valence-corrected chi connectivity index (χ1v) is 10.6. The number of aryl methyl sites for hydroxylation is 2. The van der Waals surface area contributed by atoms with Gasteiger partial charge in [0.2, 0.25) is 0 Å². The highest BCUT2D eigenvalue weighted by Gasteiger charge is 2.51. The van der Waals surface area contributed by atoms with E-state index < -0.39 is 4.33 Å². The molecule has 124 valence electrons. The van der Waals surface area contributed by atoms with E-state index in [-0.39, 0.29) is 5.56 Å². The Balaban J connectivity index is 1.74. The molecule has 2 aromatic rings. The van der Waals surface area contributed by atoms with E-state index in [2.05, 4.69) is 6.92 Å². The number of rotatable bonds is 5. The zero-order valence-electron chi connectivity index (χ0n) is 12.9. The van der Waals surface area contributed by atoms with E-state index >= 15 is 0 Å². The first kappa shape index (κ1) is 16.2. The Kier molecular flexibility index (Phi) is 4.20. The third kappa shape index (κ3) is 2.84. The van der Waals surface area contributed by atoms with Crippen molar-refractivity contribution in [2.75, 3.05) is 5.75 Å². The Morgan fingerprint density at radius 2 is 2.22 bits per heavy atom. The Hall–Kier alpha value is -0.230. The summed E-state index contributed by atoms with van der Waals surface area (Å²) in [6.45, 7) is 2.80. The summed E-state index contributed by atoms with van der Waals surface area (Å²) in [6.07, 6.45) is 5.03. The predicted molar refractivity (Wildman–Crippen MR) is 99.5 cm³/mol. The number of thioether (sulfide) groups is 1. The molecular weight excluding hydrogens is 371 g/mol. The lowest BCUT2D eigenvalue weighted by atomic mass is 10.2. The lowest BCUT2D eigenvalue weighted by molar-refractivity contribution is 0.585. The molecule has 4 rings (SSSR count). The van der Waals surface area contributed by atoms with Crippen molar-refractivity contribution < 1.29 is 0 Å². The van der Waals surface area contributed by atoms with Crippen LogP contribution in [0.5, 0.6) is 0 Å². The summed E-state index contributed by atoms with van der Waals surface area (Å²) in [4.78, 5) is 20.1. The maximum Gasteiger partial charge on any atom is 0.263 e. The van der Waals surface area contributed by atoms with Gasteiger partial charge in [0.25, 0.3) is 5.56 Å². The largest absolute Gasteiger partial charge is 0.287 e. The molecule has 1 saturated carbocycles. The normalized spacial score (nSPS) is 21.8. The zero-order valence-corrected chi connectivity index (χ0v) is 16.0. The van der Waals surface area contributed by atoms with Crippen LogP contribution in [0.3, 0.4) is 0 Å². The van der Waals surface area contributed by atoms with E-state index in [1.165, 1.54) is 10.4 Å². The molecule has 0 aromatic carbocycles.